The average molecular weight is 390 g/mol. The maximum atomic E-state index is 13.1. The van der Waals surface area contributed by atoms with E-state index in [1.165, 1.54) is 16.4 Å². The molecule has 1 N–H and O–H groups in total. The Balaban J connectivity index is 1.80. The highest BCUT2D eigenvalue weighted by molar-refractivity contribution is 7.89. The van der Waals surface area contributed by atoms with Gasteiger partial charge in [-0.15, -0.1) is 0 Å². The summed E-state index contributed by atoms with van der Waals surface area (Å²) in [4.78, 5) is 12.8. The van der Waals surface area contributed by atoms with Crippen LogP contribution < -0.4 is 5.32 Å². The predicted molar refractivity (Wildman–Crippen MR) is 102 cm³/mol. The molecule has 0 aromatic heterocycles. The highest BCUT2D eigenvalue weighted by Gasteiger charge is 2.39. The first-order chi connectivity index (χ1) is 12.8. The van der Waals surface area contributed by atoms with Crippen LogP contribution in [0.2, 0.25) is 0 Å². The van der Waals surface area contributed by atoms with E-state index in [0.29, 0.717) is 24.4 Å². The van der Waals surface area contributed by atoms with Gasteiger partial charge in [-0.25, -0.2) is 12.8 Å². The maximum Gasteiger partial charge on any atom is 0.243 e. The number of carbonyl (C=O) groups is 1. The van der Waals surface area contributed by atoms with Gasteiger partial charge in [0.15, 0.2) is 0 Å². The molecule has 1 heterocycles. The molecule has 1 fully saturated rings. The van der Waals surface area contributed by atoms with Crippen molar-refractivity contribution in [1.29, 1.82) is 0 Å². The van der Waals surface area contributed by atoms with Gasteiger partial charge in [-0.1, -0.05) is 26.0 Å². The smallest absolute Gasteiger partial charge is 0.243 e. The number of rotatable bonds is 5. The second-order valence-corrected chi connectivity index (χ2v) is 8.89. The van der Waals surface area contributed by atoms with E-state index in [1.54, 1.807) is 6.07 Å². The number of sulfonamides is 1. The second kappa shape index (κ2) is 7.78. The third kappa shape index (κ3) is 4.20. The Morgan fingerprint density at radius 1 is 1.19 bits per heavy atom. The van der Waals surface area contributed by atoms with Crippen molar-refractivity contribution in [2.45, 2.75) is 43.5 Å². The lowest BCUT2D eigenvalue weighted by Gasteiger charge is -2.23. The fourth-order valence-corrected chi connectivity index (χ4v) is 4.89. The van der Waals surface area contributed by atoms with Gasteiger partial charge in [-0.05, 0) is 60.7 Å². The molecule has 0 bridgehead atoms. The van der Waals surface area contributed by atoms with Crippen LogP contribution in [0.4, 0.5) is 10.1 Å². The fraction of sp³-hybridized carbons (Fsp3) is 0.350. The number of halogens is 1. The zero-order valence-corrected chi connectivity index (χ0v) is 16.2. The van der Waals surface area contributed by atoms with Gasteiger partial charge in [0, 0.05) is 12.2 Å². The van der Waals surface area contributed by atoms with E-state index in [0.717, 1.165) is 17.7 Å². The van der Waals surface area contributed by atoms with Crippen LogP contribution in [0.5, 0.6) is 0 Å². The normalized spacial score (nSPS) is 18.0. The predicted octanol–water partition coefficient (Wildman–Crippen LogP) is 3.74. The Hall–Kier alpha value is -2.25. The minimum Gasteiger partial charge on any atom is -0.325 e. The number of hydrogen-bond acceptors (Lipinski definition) is 3. The summed E-state index contributed by atoms with van der Waals surface area (Å²) in [5.41, 5.74) is 1.74. The third-order valence-corrected chi connectivity index (χ3v) is 6.67. The van der Waals surface area contributed by atoms with Gasteiger partial charge in [0.25, 0.3) is 0 Å². The molecule has 1 aliphatic heterocycles. The number of carbonyl (C=O) groups excluding carboxylic acids is 1. The van der Waals surface area contributed by atoms with Gasteiger partial charge in [-0.3, -0.25) is 4.79 Å². The Morgan fingerprint density at radius 3 is 2.56 bits per heavy atom. The van der Waals surface area contributed by atoms with Crippen molar-refractivity contribution in [3.05, 3.63) is 59.9 Å². The average Bonchev–Trinajstić information content (AvgIpc) is 3.13. The quantitative estimate of drug-likeness (QED) is 0.846. The highest BCUT2D eigenvalue weighted by atomic mass is 32.2. The van der Waals surface area contributed by atoms with Gasteiger partial charge in [-0.2, -0.15) is 4.31 Å². The van der Waals surface area contributed by atoms with Gasteiger partial charge in [0.2, 0.25) is 15.9 Å². The molecule has 1 atom stereocenters. The van der Waals surface area contributed by atoms with Crippen molar-refractivity contribution in [3.8, 4) is 0 Å². The van der Waals surface area contributed by atoms with Crippen LogP contribution in [0.15, 0.2) is 53.4 Å². The van der Waals surface area contributed by atoms with E-state index in [4.69, 9.17) is 0 Å². The largest absolute Gasteiger partial charge is 0.325 e. The number of nitrogens with one attached hydrogen (secondary N) is 1. The van der Waals surface area contributed by atoms with Crippen molar-refractivity contribution < 1.29 is 17.6 Å². The van der Waals surface area contributed by atoms with E-state index in [-0.39, 0.29) is 17.3 Å². The SMILES string of the molecule is CC(C)c1cccc(NC(=O)[C@H]2CCCN2S(=O)(=O)c2ccc(F)cc2)c1. The maximum absolute atomic E-state index is 13.1. The number of benzene rings is 2. The summed E-state index contributed by atoms with van der Waals surface area (Å²) < 4.78 is 40.1. The lowest BCUT2D eigenvalue weighted by atomic mass is 10.0. The molecule has 0 unspecified atom stereocenters. The summed E-state index contributed by atoms with van der Waals surface area (Å²) >= 11 is 0. The molecule has 0 spiro atoms. The Morgan fingerprint density at radius 2 is 1.89 bits per heavy atom. The Bertz CT molecular complexity index is 926. The molecule has 0 saturated carbocycles. The minimum atomic E-state index is -3.86. The lowest BCUT2D eigenvalue weighted by Crippen LogP contribution is -2.43. The monoisotopic (exact) mass is 390 g/mol. The standard InChI is InChI=1S/C20H23FN2O3S/c1-14(2)15-5-3-6-17(13-15)22-20(24)19-7-4-12-23(19)27(25,26)18-10-8-16(21)9-11-18/h3,5-6,8-11,13-14,19H,4,7,12H2,1-2H3,(H,22,24)/t19-/m1/s1. The van der Waals surface area contributed by atoms with E-state index < -0.39 is 21.9 Å². The number of hydrogen-bond donors (Lipinski definition) is 1. The van der Waals surface area contributed by atoms with Crippen LogP contribution in [0, 0.1) is 5.82 Å². The number of amides is 1. The molecule has 3 rings (SSSR count). The first-order valence-corrected chi connectivity index (χ1v) is 10.4. The minimum absolute atomic E-state index is 0.00888. The molecule has 2 aromatic rings. The van der Waals surface area contributed by atoms with Crippen molar-refractivity contribution in [2.24, 2.45) is 0 Å². The molecule has 1 amide bonds. The van der Waals surface area contributed by atoms with Crippen LogP contribution in [0.1, 0.15) is 38.2 Å². The zero-order chi connectivity index (χ0) is 19.6. The van der Waals surface area contributed by atoms with E-state index in [1.807, 2.05) is 18.2 Å². The van der Waals surface area contributed by atoms with Crippen molar-refractivity contribution >= 4 is 21.6 Å². The van der Waals surface area contributed by atoms with Crippen LogP contribution in [-0.2, 0) is 14.8 Å². The third-order valence-electron chi connectivity index (χ3n) is 4.75. The fourth-order valence-electron chi connectivity index (χ4n) is 3.23. The molecule has 0 aliphatic carbocycles. The highest BCUT2D eigenvalue weighted by Crippen LogP contribution is 2.27. The molecular weight excluding hydrogens is 367 g/mol. The van der Waals surface area contributed by atoms with Crippen molar-refractivity contribution in [1.82, 2.24) is 4.31 Å². The van der Waals surface area contributed by atoms with Gasteiger partial charge in [0.05, 0.1) is 4.90 Å². The molecule has 1 aliphatic rings. The summed E-state index contributed by atoms with van der Waals surface area (Å²) in [7, 11) is -3.86. The molecule has 0 radical (unpaired) electrons. The number of nitrogens with zero attached hydrogens (tertiary/aromatic N) is 1. The van der Waals surface area contributed by atoms with Crippen molar-refractivity contribution in [2.75, 3.05) is 11.9 Å². The first kappa shape index (κ1) is 19.5. The molecule has 144 valence electrons. The Kier molecular flexibility index (Phi) is 5.62. The number of anilines is 1. The molecule has 5 nitrogen and oxygen atoms in total. The molecule has 1 saturated heterocycles. The van der Waals surface area contributed by atoms with Crippen LogP contribution >= 0.6 is 0 Å². The van der Waals surface area contributed by atoms with E-state index in [2.05, 4.69) is 19.2 Å². The topological polar surface area (TPSA) is 66.5 Å². The second-order valence-electron chi connectivity index (χ2n) is 7.00. The summed E-state index contributed by atoms with van der Waals surface area (Å²) in [6, 6.07) is 11.4. The molecule has 2 aromatic carbocycles. The summed E-state index contributed by atoms with van der Waals surface area (Å²) in [5.74, 6) is -0.530. The van der Waals surface area contributed by atoms with Gasteiger partial charge in [0.1, 0.15) is 11.9 Å². The molecule has 7 heteroatoms. The lowest BCUT2D eigenvalue weighted by molar-refractivity contribution is -0.119. The van der Waals surface area contributed by atoms with Gasteiger partial charge >= 0.3 is 0 Å². The van der Waals surface area contributed by atoms with Crippen LogP contribution in [-0.4, -0.2) is 31.2 Å². The summed E-state index contributed by atoms with van der Waals surface area (Å²) in [6.07, 6.45) is 1.06. The van der Waals surface area contributed by atoms with E-state index in [9.17, 15) is 17.6 Å². The first-order valence-electron chi connectivity index (χ1n) is 8.97. The molecule has 27 heavy (non-hydrogen) atoms. The van der Waals surface area contributed by atoms with Gasteiger partial charge < -0.3 is 5.32 Å². The molecular formula is C20H23FN2O3S. The van der Waals surface area contributed by atoms with Crippen LogP contribution in [0.25, 0.3) is 0 Å². The summed E-state index contributed by atoms with van der Waals surface area (Å²) in [5, 5.41) is 2.84. The zero-order valence-electron chi connectivity index (χ0n) is 15.4. The van der Waals surface area contributed by atoms with Crippen LogP contribution in [0.3, 0.4) is 0 Å². The van der Waals surface area contributed by atoms with E-state index >= 15 is 0 Å². The van der Waals surface area contributed by atoms with Crippen molar-refractivity contribution in [3.63, 3.8) is 0 Å². The summed E-state index contributed by atoms with van der Waals surface area (Å²) in [6.45, 7) is 4.40. The Labute approximate surface area is 159 Å².